The summed E-state index contributed by atoms with van der Waals surface area (Å²) in [5, 5.41) is 4.78. The number of nitrogens with zero attached hydrogens (tertiary/aromatic N) is 2. The molecule has 0 bridgehead atoms. The van der Waals surface area contributed by atoms with Crippen molar-refractivity contribution < 1.29 is 17.6 Å². The molecule has 0 saturated carbocycles. The number of sulfonamides is 1. The second-order valence-corrected chi connectivity index (χ2v) is 8.31. The van der Waals surface area contributed by atoms with Crippen LogP contribution in [0.3, 0.4) is 0 Å². The zero-order valence-corrected chi connectivity index (χ0v) is 15.8. The molecule has 1 amide bonds. The predicted molar refractivity (Wildman–Crippen MR) is 103 cm³/mol. The first-order valence-electron chi connectivity index (χ1n) is 7.72. The molecule has 0 spiro atoms. The Morgan fingerprint density at radius 3 is 2.81 bits per heavy atom. The number of thiazole rings is 1. The zero-order valence-electron chi connectivity index (χ0n) is 14.1. The van der Waals surface area contributed by atoms with Crippen LogP contribution in [0.4, 0.5) is 15.2 Å². The van der Waals surface area contributed by atoms with Crippen LogP contribution in [-0.4, -0.2) is 30.5 Å². The number of nitrogens with one attached hydrogen (secondary N) is 2. The fraction of sp³-hybridized carbons (Fsp3) is 0.118. The summed E-state index contributed by atoms with van der Waals surface area (Å²) in [5.74, 6) is -0.901. The van der Waals surface area contributed by atoms with Crippen LogP contribution < -0.4 is 10.0 Å². The van der Waals surface area contributed by atoms with Gasteiger partial charge in [-0.3, -0.25) is 9.52 Å². The Balaban J connectivity index is 1.66. The zero-order chi connectivity index (χ0) is 19.4. The molecule has 3 aromatic rings. The first-order chi connectivity index (χ1) is 12.8. The predicted octanol–water partition coefficient (Wildman–Crippen LogP) is 2.90. The quantitative estimate of drug-likeness (QED) is 0.613. The van der Waals surface area contributed by atoms with E-state index in [1.807, 2.05) is 0 Å². The summed E-state index contributed by atoms with van der Waals surface area (Å²) in [6.45, 7) is 0. The standard InChI is InChI=1S/C17H15FN4O3S2/c1-27(24,25)22-13-4-2-3-11(7-13)8-16(23)21-17-20-14(10-26-17)12-5-6-19-15(18)9-12/h2-7,9-10,22H,8H2,1H3,(H,20,21,23). The number of amides is 1. The lowest BCUT2D eigenvalue weighted by molar-refractivity contribution is -0.115. The van der Waals surface area contributed by atoms with Crippen molar-refractivity contribution in [2.24, 2.45) is 0 Å². The highest BCUT2D eigenvalue weighted by Gasteiger charge is 2.10. The monoisotopic (exact) mass is 406 g/mol. The lowest BCUT2D eigenvalue weighted by Crippen LogP contribution is -2.15. The number of pyridine rings is 1. The van der Waals surface area contributed by atoms with Crippen molar-refractivity contribution in [2.45, 2.75) is 6.42 Å². The Morgan fingerprint density at radius 2 is 2.07 bits per heavy atom. The van der Waals surface area contributed by atoms with Gasteiger partial charge in [0.2, 0.25) is 21.9 Å². The topological polar surface area (TPSA) is 101 Å². The molecule has 2 heterocycles. The minimum absolute atomic E-state index is 0.0537. The van der Waals surface area contributed by atoms with E-state index in [4.69, 9.17) is 0 Å². The van der Waals surface area contributed by atoms with Gasteiger partial charge in [0.05, 0.1) is 18.4 Å². The Hall–Kier alpha value is -2.85. The van der Waals surface area contributed by atoms with Crippen molar-refractivity contribution in [3.05, 3.63) is 59.5 Å². The maximum Gasteiger partial charge on any atom is 0.230 e. The first-order valence-corrected chi connectivity index (χ1v) is 10.5. The summed E-state index contributed by atoms with van der Waals surface area (Å²) < 4.78 is 38.1. The highest BCUT2D eigenvalue weighted by Crippen LogP contribution is 2.25. The van der Waals surface area contributed by atoms with Gasteiger partial charge in [0.1, 0.15) is 0 Å². The smallest absolute Gasteiger partial charge is 0.230 e. The molecule has 0 aliphatic heterocycles. The number of benzene rings is 1. The third-order valence-corrected chi connectivity index (χ3v) is 4.73. The number of carbonyl (C=O) groups excluding carboxylic acids is 1. The molecule has 0 atom stereocenters. The minimum Gasteiger partial charge on any atom is -0.302 e. The maximum absolute atomic E-state index is 13.2. The van der Waals surface area contributed by atoms with Crippen LogP contribution in [0, 0.1) is 5.95 Å². The van der Waals surface area contributed by atoms with E-state index in [9.17, 15) is 17.6 Å². The molecule has 7 nitrogen and oxygen atoms in total. The van der Waals surface area contributed by atoms with Crippen molar-refractivity contribution in [1.29, 1.82) is 0 Å². The fourth-order valence-electron chi connectivity index (χ4n) is 2.33. The summed E-state index contributed by atoms with van der Waals surface area (Å²) in [4.78, 5) is 20.0. The largest absolute Gasteiger partial charge is 0.302 e. The summed E-state index contributed by atoms with van der Waals surface area (Å²) in [6, 6.07) is 9.47. The van der Waals surface area contributed by atoms with Crippen molar-refractivity contribution in [1.82, 2.24) is 9.97 Å². The first kappa shape index (κ1) is 18.9. The molecule has 27 heavy (non-hydrogen) atoms. The number of rotatable bonds is 6. The van der Waals surface area contributed by atoms with Crippen molar-refractivity contribution in [3.63, 3.8) is 0 Å². The Labute approximate surface area is 159 Å². The van der Waals surface area contributed by atoms with Crippen molar-refractivity contribution in [2.75, 3.05) is 16.3 Å². The normalized spacial score (nSPS) is 11.2. The number of hydrogen-bond acceptors (Lipinski definition) is 6. The van der Waals surface area contributed by atoms with Crippen LogP contribution in [-0.2, 0) is 21.2 Å². The molecule has 10 heteroatoms. The molecule has 140 valence electrons. The molecule has 1 aromatic carbocycles. The molecule has 2 N–H and O–H groups in total. The van der Waals surface area contributed by atoms with Crippen LogP contribution in [0.25, 0.3) is 11.3 Å². The molecule has 0 aliphatic rings. The second-order valence-electron chi connectivity index (χ2n) is 5.70. The van der Waals surface area contributed by atoms with Gasteiger partial charge in [-0.05, 0) is 23.8 Å². The summed E-state index contributed by atoms with van der Waals surface area (Å²) in [6.07, 6.45) is 2.46. The molecule has 0 aliphatic carbocycles. The van der Waals surface area contributed by atoms with E-state index in [0.717, 1.165) is 6.26 Å². The molecule has 0 radical (unpaired) electrons. The van der Waals surface area contributed by atoms with E-state index in [0.29, 0.717) is 27.6 Å². The highest BCUT2D eigenvalue weighted by atomic mass is 32.2. The SMILES string of the molecule is CS(=O)(=O)Nc1cccc(CC(=O)Nc2nc(-c3ccnc(F)c3)cs2)c1. The average Bonchev–Trinajstić information content (AvgIpc) is 3.02. The average molecular weight is 406 g/mol. The van der Waals surface area contributed by atoms with Gasteiger partial charge in [0.25, 0.3) is 0 Å². The highest BCUT2D eigenvalue weighted by molar-refractivity contribution is 7.92. The van der Waals surface area contributed by atoms with Gasteiger partial charge in [-0.2, -0.15) is 4.39 Å². The number of carbonyl (C=O) groups is 1. The molecule has 0 unspecified atom stereocenters. The van der Waals surface area contributed by atoms with Gasteiger partial charge in [-0.15, -0.1) is 11.3 Å². The van der Waals surface area contributed by atoms with E-state index in [1.165, 1.54) is 23.6 Å². The van der Waals surface area contributed by atoms with Gasteiger partial charge in [0, 0.05) is 28.9 Å². The van der Waals surface area contributed by atoms with Gasteiger partial charge >= 0.3 is 0 Å². The molecule has 0 saturated heterocycles. The number of halogens is 1. The van der Waals surface area contributed by atoms with Crippen LogP contribution in [0.15, 0.2) is 48.0 Å². The molecule has 3 rings (SSSR count). The molecule has 2 aromatic heterocycles. The van der Waals surface area contributed by atoms with Gasteiger partial charge in [-0.1, -0.05) is 12.1 Å². The van der Waals surface area contributed by atoms with Crippen LogP contribution in [0.2, 0.25) is 0 Å². The van der Waals surface area contributed by atoms with E-state index >= 15 is 0 Å². The lowest BCUT2D eigenvalue weighted by atomic mass is 10.1. The number of anilines is 2. The second kappa shape index (κ2) is 7.80. The van der Waals surface area contributed by atoms with E-state index in [2.05, 4.69) is 20.0 Å². The number of aromatic nitrogens is 2. The summed E-state index contributed by atoms with van der Waals surface area (Å²) >= 11 is 1.22. The van der Waals surface area contributed by atoms with Crippen LogP contribution in [0.5, 0.6) is 0 Å². The Kier molecular flexibility index (Phi) is 5.47. The van der Waals surface area contributed by atoms with E-state index < -0.39 is 16.0 Å². The molecular weight excluding hydrogens is 391 g/mol. The van der Waals surface area contributed by atoms with E-state index in [1.54, 1.807) is 35.7 Å². The van der Waals surface area contributed by atoms with E-state index in [-0.39, 0.29) is 12.3 Å². The van der Waals surface area contributed by atoms with Crippen molar-refractivity contribution in [3.8, 4) is 11.3 Å². The third kappa shape index (κ3) is 5.56. The maximum atomic E-state index is 13.2. The third-order valence-electron chi connectivity index (χ3n) is 3.37. The number of hydrogen-bond donors (Lipinski definition) is 2. The summed E-state index contributed by atoms with van der Waals surface area (Å²) in [5.41, 5.74) is 2.14. The van der Waals surface area contributed by atoms with Gasteiger partial charge in [0.15, 0.2) is 5.13 Å². The Morgan fingerprint density at radius 1 is 1.26 bits per heavy atom. The fourth-order valence-corrected chi connectivity index (χ4v) is 3.62. The van der Waals surface area contributed by atoms with Crippen molar-refractivity contribution >= 4 is 38.1 Å². The summed E-state index contributed by atoms with van der Waals surface area (Å²) in [7, 11) is -3.39. The van der Waals surface area contributed by atoms with Crippen LogP contribution in [0.1, 0.15) is 5.56 Å². The minimum atomic E-state index is -3.39. The van der Waals surface area contributed by atoms with Gasteiger partial charge < -0.3 is 5.32 Å². The van der Waals surface area contributed by atoms with Crippen LogP contribution >= 0.6 is 11.3 Å². The molecule has 0 fully saturated rings. The molecular formula is C17H15FN4O3S2. The Bertz CT molecular complexity index is 1080. The van der Waals surface area contributed by atoms with Gasteiger partial charge in [-0.25, -0.2) is 18.4 Å². The lowest BCUT2D eigenvalue weighted by Gasteiger charge is -2.06.